The average Bonchev–Trinajstić information content (AvgIpc) is 2.69. The van der Waals surface area contributed by atoms with E-state index in [4.69, 9.17) is 0 Å². The zero-order chi connectivity index (χ0) is 11.5. The first-order chi connectivity index (χ1) is 7.66. The highest BCUT2D eigenvalue weighted by molar-refractivity contribution is 9.10. The SMILES string of the molecule is CC(C)Cc1ccc(-n2cnnn2)c(Br)c1. The summed E-state index contributed by atoms with van der Waals surface area (Å²) in [5.41, 5.74) is 2.27. The first-order valence-electron chi connectivity index (χ1n) is 5.18. The van der Waals surface area contributed by atoms with Crippen molar-refractivity contribution in [3.63, 3.8) is 0 Å². The van der Waals surface area contributed by atoms with E-state index in [2.05, 4.69) is 57.4 Å². The molecule has 0 spiro atoms. The van der Waals surface area contributed by atoms with Crippen molar-refractivity contribution in [2.45, 2.75) is 20.3 Å². The van der Waals surface area contributed by atoms with E-state index < -0.39 is 0 Å². The van der Waals surface area contributed by atoms with E-state index in [-0.39, 0.29) is 0 Å². The van der Waals surface area contributed by atoms with Gasteiger partial charge in [-0.3, -0.25) is 0 Å². The van der Waals surface area contributed by atoms with E-state index >= 15 is 0 Å². The van der Waals surface area contributed by atoms with Crippen molar-refractivity contribution in [2.75, 3.05) is 0 Å². The van der Waals surface area contributed by atoms with Crippen LogP contribution in [0.3, 0.4) is 0 Å². The third kappa shape index (κ3) is 2.47. The van der Waals surface area contributed by atoms with E-state index in [0.29, 0.717) is 5.92 Å². The molecule has 5 heteroatoms. The van der Waals surface area contributed by atoms with E-state index in [1.807, 2.05) is 6.07 Å². The summed E-state index contributed by atoms with van der Waals surface area (Å²) in [4.78, 5) is 0. The molecule has 1 aromatic carbocycles. The van der Waals surface area contributed by atoms with Gasteiger partial charge in [0.15, 0.2) is 0 Å². The maximum Gasteiger partial charge on any atom is 0.143 e. The topological polar surface area (TPSA) is 43.6 Å². The zero-order valence-corrected chi connectivity index (χ0v) is 10.8. The molecule has 4 nitrogen and oxygen atoms in total. The fourth-order valence-electron chi connectivity index (χ4n) is 1.61. The third-order valence-electron chi connectivity index (χ3n) is 2.25. The maximum atomic E-state index is 3.86. The van der Waals surface area contributed by atoms with Crippen LogP contribution in [-0.4, -0.2) is 20.2 Å². The van der Waals surface area contributed by atoms with Crippen molar-refractivity contribution >= 4 is 15.9 Å². The van der Waals surface area contributed by atoms with Gasteiger partial charge in [-0.1, -0.05) is 19.9 Å². The molecule has 0 radical (unpaired) electrons. The highest BCUT2D eigenvalue weighted by Gasteiger charge is 2.05. The Balaban J connectivity index is 2.30. The molecule has 2 aromatic rings. The molecule has 2 rings (SSSR count). The van der Waals surface area contributed by atoms with Crippen LogP contribution < -0.4 is 0 Å². The monoisotopic (exact) mass is 280 g/mol. The Morgan fingerprint density at radius 2 is 2.19 bits per heavy atom. The minimum absolute atomic E-state index is 0.658. The van der Waals surface area contributed by atoms with Crippen LogP contribution in [0.15, 0.2) is 29.0 Å². The number of hydrogen-bond acceptors (Lipinski definition) is 3. The van der Waals surface area contributed by atoms with Crippen LogP contribution in [0.1, 0.15) is 19.4 Å². The summed E-state index contributed by atoms with van der Waals surface area (Å²) in [6.45, 7) is 4.42. The molecule has 0 saturated carbocycles. The second-order valence-corrected chi connectivity index (χ2v) is 4.99. The molecule has 0 unspecified atom stereocenters. The van der Waals surface area contributed by atoms with Crippen molar-refractivity contribution < 1.29 is 0 Å². The lowest BCUT2D eigenvalue weighted by Gasteiger charge is -2.08. The summed E-state index contributed by atoms with van der Waals surface area (Å²) in [6, 6.07) is 6.26. The van der Waals surface area contributed by atoms with Crippen LogP contribution in [0.2, 0.25) is 0 Å². The van der Waals surface area contributed by atoms with Gasteiger partial charge in [0.25, 0.3) is 0 Å². The fourth-order valence-corrected chi connectivity index (χ4v) is 2.21. The molecule has 0 aliphatic carbocycles. The van der Waals surface area contributed by atoms with Gasteiger partial charge in [0.1, 0.15) is 6.33 Å². The van der Waals surface area contributed by atoms with E-state index in [1.165, 1.54) is 5.56 Å². The Hall–Kier alpha value is -1.23. The second-order valence-electron chi connectivity index (χ2n) is 4.14. The molecular weight excluding hydrogens is 268 g/mol. The summed E-state index contributed by atoms with van der Waals surface area (Å²) in [5, 5.41) is 11.1. The van der Waals surface area contributed by atoms with Crippen LogP contribution in [0.25, 0.3) is 5.69 Å². The smallest absolute Gasteiger partial charge is 0.143 e. The number of rotatable bonds is 3. The zero-order valence-electron chi connectivity index (χ0n) is 9.26. The normalized spacial score (nSPS) is 11.0. The number of nitrogens with zero attached hydrogens (tertiary/aromatic N) is 4. The molecule has 1 heterocycles. The standard InChI is InChI=1S/C11H13BrN4/c1-8(2)5-9-3-4-11(10(12)6-9)16-7-13-14-15-16/h3-4,6-8H,5H2,1-2H3. The summed E-state index contributed by atoms with van der Waals surface area (Å²) in [7, 11) is 0. The van der Waals surface area contributed by atoms with Crippen molar-refractivity contribution in [2.24, 2.45) is 5.92 Å². The molecule has 0 N–H and O–H groups in total. The molecule has 1 aromatic heterocycles. The van der Waals surface area contributed by atoms with Gasteiger partial charge >= 0.3 is 0 Å². The van der Waals surface area contributed by atoms with Gasteiger partial charge in [0, 0.05) is 4.47 Å². The largest absolute Gasteiger partial charge is 0.199 e. The summed E-state index contributed by atoms with van der Waals surface area (Å²) in [6.07, 6.45) is 2.66. The van der Waals surface area contributed by atoms with Crippen LogP contribution in [0, 0.1) is 5.92 Å². The van der Waals surface area contributed by atoms with E-state index in [9.17, 15) is 0 Å². The predicted octanol–water partition coefficient (Wildman–Crippen LogP) is 2.62. The second kappa shape index (κ2) is 4.74. The average molecular weight is 281 g/mol. The summed E-state index contributed by atoms with van der Waals surface area (Å²) < 4.78 is 2.65. The first-order valence-corrected chi connectivity index (χ1v) is 5.98. The van der Waals surface area contributed by atoms with Crippen molar-refractivity contribution in [1.82, 2.24) is 20.2 Å². The van der Waals surface area contributed by atoms with E-state index in [1.54, 1.807) is 11.0 Å². The van der Waals surface area contributed by atoms with Gasteiger partial charge < -0.3 is 0 Å². The molecule has 0 amide bonds. The number of halogens is 1. The van der Waals surface area contributed by atoms with Crippen molar-refractivity contribution in [3.05, 3.63) is 34.6 Å². The van der Waals surface area contributed by atoms with Crippen LogP contribution in [-0.2, 0) is 6.42 Å². The molecule has 84 valence electrons. The molecular formula is C11H13BrN4. The predicted molar refractivity (Wildman–Crippen MR) is 65.4 cm³/mol. The van der Waals surface area contributed by atoms with Crippen LogP contribution >= 0.6 is 15.9 Å². The van der Waals surface area contributed by atoms with Gasteiger partial charge in [-0.2, -0.15) is 4.68 Å². The van der Waals surface area contributed by atoms with Crippen LogP contribution in [0.4, 0.5) is 0 Å². The molecule has 0 aliphatic heterocycles. The Kier molecular flexibility index (Phi) is 3.33. The number of benzene rings is 1. The molecule has 0 bridgehead atoms. The molecule has 0 atom stereocenters. The van der Waals surface area contributed by atoms with Crippen LogP contribution in [0.5, 0.6) is 0 Å². The molecule has 16 heavy (non-hydrogen) atoms. The Morgan fingerprint density at radius 1 is 1.38 bits per heavy atom. The minimum Gasteiger partial charge on any atom is -0.199 e. The van der Waals surface area contributed by atoms with Gasteiger partial charge in [0.05, 0.1) is 5.69 Å². The summed E-state index contributed by atoms with van der Waals surface area (Å²) in [5.74, 6) is 0.658. The first kappa shape index (κ1) is 11.3. The maximum absolute atomic E-state index is 3.86. The quantitative estimate of drug-likeness (QED) is 0.868. The van der Waals surface area contributed by atoms with Crippen molar-refractivity contribution in [3.8, 4) is 5.69 Å². The lowest BCUT2D eigenvalue weighted by atomic mass is 10.0. The van der Waals surface area contributed by atoms with Gasteiger partial charge in [-0.05, 0) is 56.4 Å². The number of tetrazole rings is 1. The Labute approximate surface area is 103 Å². The van der Waals surface area contributed by atoms with E-state index in [0.717, 1.165) is 16.6 Å². The Bertz CT molecular complexity index is 465. The molecule has 0 saturated heterocycles. The molecule has 0 aliphatic rings. The lowest BCUT2D eigenvalue weighted by Crippen LogP contribution is -1.99. The Morgan fingerprint density at radius 3 is 2.75 bits per heavy atom. The highest BCUT2D eigenvalue weighted by atomic mass is 79.9. The number of hydrogen-bond donors (Lipinski definition) is 0. The minimum atomic E-state index is 0.658. The van der Waals surface area contributed by atoms with Gasteiger partial charge in [-0.25, -0.2) is 0 Å². The summed E-state index contributed by atoms with van der Waals surface area (Å²) >= 11 is 3.54. The third-order valence-corrected chi connectivity index (χ3v) is 2.89. The van der Waals surface area contributed by atoms with Crippen molar-refractivity contribution in [1.29, 1.82) is 0 Å². The van der Waals surface area contributed by atoms with Gasteiger partial charge in [-0.15, -0.1) is 5.10 Å². The lowest BCUT2D eigenvalue weighted by molar-refractivity contribution is 0.646. The molecule has 0 fully saturated rings. The van der Waals surface area contributed by atoms with Gasteiger partial charge in [0.2, 0.25) is 0 Å². The number of aromatic nitrogens is 4. The fraction of sp³-hybridized carbons (Fsp3) is 0.364. The highest BCUT2D eigenvalue weighted by Crippen LogP contribution is 2.22.